The molecular formula is C15H20N2O2. The minimum atomic E-state index is -0.249. The van der Waals surface area contributed by atoms with Gasteiger partial charge in [0.2, 0.25) is 0 Å². The molecule has 1 saturated carbocycles. The first-order valence-electron chi connectivity index (χ1n) is 7.16. The molecule has 0 aliphatic heterocycles. The van der Waals surface area contributed by atoms with E-state index in [9.17, 15) is 9.59 Å². The summed E-state index contributed by atoms with van der Waals surface area (Å²) in [7, 11) is 0. The smallest absolute Gasteiger partial charge is 0.261 e. The molecule has 2 aliphatic carbocycles. The van der Waals surface area contributed by atoms with Gasteiger partial charge in [-0.15, -0.1) is 0 Å². The van der Waals surface area contributed by atoms with E-state index in [-0.39, 0.29) is 17.0 Å². The molecule has 1 heterocycles. The first-order valence-corrected chi connectivity index (χ1v) is 7.16. The Hall–Kier alpha value is -1.58. The molecule has 1 fully saturated rings. The quantitative estimate of drug-likeness (QED) is 0.868. The summed E-state index contributed by atoms with van der Waals surface area (Å²) in [6.45, 7) is 2.91. The number of amides is 1. The van der Waals surface area contributed by atoms with E-state index in [0.717, 1.165) is 30.5 Å². The van der Waals surface area contributed by atoms with Crippen molar-refractivity contribution in [1.82, 2.24) is 10.3 Å². The Kier molecular flexibility index (Phi) is 3.17. The largest absolute Gasteiger partial charge is 0.352 e. The van der Waals surface area contributed by atoms with Crippen LogP contribution in [0, 0.1) is 11.8 Å². The van der Waals surface area contributed by atoms with Gasteiger partial charge in [-0.25, -0.2) is 0 Å². The van der Waals surface area contributed by atoms with Gasteiger partial charge in [-0.3, -0.25) is 9.59 Å². The maximum Gasteiger partial charge on any atom is 0.261 e. The van der Waals surface area contributed by atoms with Crippen LogP contribution in [0.3, 0.4) is 0 Å². The molecule has 1 atom stereocenters. The lowest BCUT2D eigenvalue weighted by Gasteiger charge is -2.21. The summed E-state index contributed by atoms with van der Waals surface area (Å²) >= 11 is 0. The third-order valence-electron chi connectivity index (χ3n) is 4.16. The highest BCUT2D eigenvalue weighted by Gasteiger charge is 2.24. The van der Waals surface area contributed by atoms with Crippen LogP contribution in [0.4, 0.5) is 0 Å². The number of aromatic amines is 1. The number of aryl methyl sites for hydroxylation is 1. The fraction of sp³-hybridized carbons (Fsp3) is 0.600. The fourth-order valence-corrected chi connectivity index (χ4v) is 2.71. The van der Waals surface area contributed by atoms with Gasteiger partial charge >= 0.3 is 0 Å². The van der Waals surface area contributed by atoms with E-state index in [4.69, 9.17) is 0 Å². The van der Waals surface area contributed by atoms with Crippen molar-refractivity contribution >= 4 is 5.91 Å². The summed E-state index contributed by atoms with van der Waals surface area (Å²) in [4.78, 5) is 26.9. The molecule has 1 aromatic rings. The predicted octanol–water partition coefficient (Wildman–Crippen LogP) is 1.64. The van der Waals surface area contributed by atoms with E-state index in [0.29, 0.717) is 18.4 Å². The summed E-state index contributed by atoms with van der Waals surface area (Å²) in [5.41, 5.74) is 2.17. The highest BCUT2D eigenvalue weighted by atomic mass is 16.2. The Labute approximate surface area is 112 Å². The first kappa shape index (κ1) is 12.5. The maximum absolute atomic E-state index is 12.0. The third kappa shape index (κ3) is 2.72. The van der Waals surface area contributed by atoms with E-state index >= 15 is 0 Å². The molecule has 102 valence electrons. The highest BCUT2D eigenvalue weighted by Crippen LogP contribution is 2.27. The molecule has 0 aromatic carbocycles. The summed E-state index contributed by atoms with van der Waals surface area (Å²) in [5, 5.41) is 2.86. The SMILES string of the molecule is C[C@@H]1CCc2[nH]c(=O)c(C(=O)NCC3CC3)cc2C1. The van der Waals surface area contributed by atoms with Gasteiger partial charge in [0.1, 0.15) is 5.56 Å². The van der Waals surface area contributed by atoms with E-state index in [1.807, 2.05) is 0 Å². The monoisotopic (exact) mass is 260 g/mol. The second kappa shape index (κ2) is 4.83. The van der Waals surface area contributed by atoms with Crippen LogP contribution in [0.25, 0.3) is 0 Å². The van der Waals surface area contributed by atoms with Gasteiger partial charge in [0.15, 0.2) is 0 Å². The topological polar surface area (TPSA) is 62.0 Å². The fourth-order valence-electron chi connectivity index (χ4n) is 2.71. The molecule has 0 saturated heterocycles. The van der Waals surface area contributed by atoms with Crippen molar-refractivity contribution in [3.63, 3.8) is 0 Å². The van der Waals surface area contributed by atoms with Crippen LogP contribution >= 0.6 is 0 Å². The third-order valence-corrected chi connectivity index (χ3v) is 4.16. The summed E-state index contributed by atoms with van der Waals surface area (Å²) in [6.07, 6.45) is 5.36. The van der Waals surface area contributed by atoms with Crippen molar-refractivity contribution in [2.45, 2.75) is 39.0 Å². The zero-order valence-corrected chi connectivity index (χ0v) is 11.3. The van der Waals surface area contributed by atoms with Crippen molar-refractivity contribution in [3.05, 3.63) is 33.2 Å². The van der Waals surface area contributed by atoms with Gasteiger partial charge in [-0.1, -0.05) is 6.92 Å². The summed E-state index contributed by atoms with van der Waals surface area (Å²) in [6, 6.07) is 1.80. The van der Waals surface area contributed by atoms with Crippen LogP contribution in [-0.2, 0) is 12.8 Å². The molecule has 1 aromatic heterocycles. The van der Waals surface area contributed by atoms with Crippen LogP contribution in [-0.4, -0.2) is 17.4 Å². The number of pyridine rings is 1. The van der Waals surface area contributed by atoms with E-state index < -0.39 is 0 Å². The molecule has 0 radical (unpaired) electrons. The van der Waals surface area contributed by atoms with Gasteiger partial charge < -0.3 is 10.3 Å². The van der Waals surface area contributed by atoms with E-state index in [2.05, 4.69) is 17.2 Å². The number of H-pyrrole nitrogens is 1. The molecule has 0 unspecified atom stereocenters. The lowest BCUT2D eigenvalue weighted by Crippen LogP contribution is -2.32. The summed E-state index contributed by atoms with van der Waals surface area (Å²) < 4.78 is 0. The molecule has 4 heteroatoms. The number of hydrogen-bond acceptors (Lipinski definition) is 2. The van der Waals surface area contributed by atoms with Crippen molar-refractivity contribution in [2.24, 2.45) is 11.8 Å². The molecule has 3 rings (SSSR count). The van der Waals surface area contributed by atoms with Crippen LogP contribution in [0.1, 0.15) is 47.8 Å². The minimum Gasteiger partial charge on any atom is -0.352 e. The first-order chi connectivity index (χ1) is 9.13. The molecule has 2 aliphatic rings. The Bertz CT molecular complexity index is 558. The molecule has 2 N–H and O–H groups in total. The number of hydrogen-bond donors (Lipinski definition) is 2. The van der Waals surface area contributed by atoms with Crippen LogP contribution in [0.5, 0.6) is 0 Å². The van der Waals surface area contributed by atoms with Gasteiger partial charge in [0.25, 0.3) is 11.5 Å². The van der Waals surface area contributed by atoms with Crippen LogP contribution in [0.2, 0.25) is 0 Å². The Morgan fingerprint density at radius 1 is 1.42 bits per heavy atom. The van der Waals surface area contributed by atoms with Crippen molar-refractivity contribution < 1.29 is 4.79 Å². The maximum atomic E-state index is 12.0. The standard InChI is InChI=1S/C15H20N2O2/c1-9-2-5-13-11(6-9)7-12(15(19)17-13)14(18)16-8-10-3-4-10/h7,9-10H,2-6,8H2,1H3,(H,16,18)(H,17,19)/t9-/m1/s1. The number of rotatable bonds is 3. The molecular weight excluding hydrogens is 240 g/mol. The second-order valence-corrected chi connectivity index (χ2v) is 6.02. The zero-order valence-electron chi connectivity index (χ0n) is 11.3. The Morgan fingerprint density at radius 3 is 2.95 bits per heavy atom. The lowest BCUT2D eigenvalue weighted by molar-refractivity contribution is 0.0950. The highest BCUT2D eigenvalue weighted by molar-refractivity contribution is 5.94. The van der Waals surface area contributed by atoms with Crippen molar-refractivity contribution in [3.8, 4) is 0 Å². The second-order valence-electron chi connectivity index (χ2n) is 6.02. The van der Waals surface area contributed by atoms with Gasteiger partial charge in [0.05, 0.1) is 0 Å². The van der Waals surface area contributed by atoms with E-state index in [1.165, 1.54) is 12.8 Å². The average Bonchev–Trinajstić information content (AvgIpc) is 3.19. The van der Waals surface area contributed by atoms with Gasteiger partial charge in [0, 0.05) is 12.2 Å². The minimum absolute atomic E-state index is 0.228. The zero-order chi connectivity index (χ0) is 13.4. The molecule has 1 amide bonds. The predicted molar refractivity (Wildman–Crippen MR) is 73.3 cm³/mol. The van der Waals surface area contributed by atoms with Crippen molar-refractivity contribution in [2.75, 3.05) is 6.54 Å². The van der Waals surface area contributed by atoms with Crippen LogP contribution in [0.15, 0.2) is 10.9 Å². The molecule has 0 bridgehead atoms. The normalized spacial score (nSPS) is 21.8. The average molecular weight is 260 g/mol. The number of fused-ring (bicyclic) bond motifs is 1. The number of nitrogens with one attached hydrogen (secondary N) is 2. The number of aromatic nitrogens is 1. The molecule has 4 nitrogen and oxygen atoms in total. The van der Waals surface area contributed by atoms with E-state index in [1.54, 1.807) is 6.07 Å². The Balaban J connectivity index is 1.82. The van der Waals surface area contributed by atoms with Gasteiger partial charge in [-0.2, -0.15) is 0 Å². The van der Waals surface area contributed by atoms with Gasteiger partial charge in [-0.05, 0) is 55.6 Å². The van der Waals surface area contributed by atoms with Crippen LogP contribution < -0.4 is 10.9 Å². The number of carbonyl (C=O) groups excluding carboxylic acids is 1. The molecule has 19 heavy (non-hydrogen) atoms. The Morgan fingerprint density at radius 2 is 2.21 bits per heavy atom. The van der Waals surface area contributed by atoms with Crippen molar-refractivity contribution in [1.29, 1.82) is 0 Å². The molecule has 0 spiro atoms. The lowest BCUT2D eigenvalue weighted by atomic mass is 9.87. The summed E-state index contributed by atoms with van der Waals surface area (Å²) in [5.74, 6) is 1.02. The number of carbonyl (C=O) groups is 1.